The van der Waals surface area contributed by atoms with Crippen molar-refractivity contribution >= 4 is 38.9 Å². The molecule has 0 amide bonds. The lowest BCUT2D eigenvalue weighted by Gasteiger charge is -2.11. The molecule has 2 rings (SSSR count). The van der Waals surface area contributed by atoms with E-state index < -0.39 is 0 Å². The number of hydrogen-bond acceptors (Lipinski definition) is 3. The smallest absolute Gasteiger partial charge is 0.121 e. The molecule has 0 spiro atoms. The van der Waals surface area contributed by atoms with Crippen LogP contribution in [-0.4, -0.2) is 7.11 Å². The van der Waals surface area contributed by atoms with Gasteiger partial charge in [0.15, 0.2) is 0 Å². The Hall–Kier alpha value is -1.70. The summed E-state index contributed by atoms with van der Waals surface area (Å²) in [5.74, 6) is 0.728. The molecule has 0 bridgehead atoms. The third-order valence-corrected chi connectivity index (χ3v) is 3.47. The first-order valence-corrected chi connectivity index (χ1v) is 6.61. The molecule has 0 saturated heterocycles. The van der Waals surface area contributed by atoms with Crippen LogP contribution in [0.3, 0.4) is 0 Å². The number of anilines is 2. The molecule has 0 atom stereocenters. The first-order valence-electron chi connectivity index (χ1n) is 5.44. The van der Waals surface area contributed by atoms with E-state index in [1.807, 2.05) is 18.2 Å². The second-order valence-electron chi connectivity index (χ2n) is 3.77. The van der Waals surface area contributed by atoms with Crippen LogP contribution >= 0.6 is 27.5 Å². The highest BCUT2D eigenvalue weighted by atomic mass is 79.9. The van der Waals surface area contributed by atoms with E-state index in [4.69, 9.17) is 21.6 Å². The molecular formula is C14H10BrClN2O. The van der Waals surface area contributed by atoms with E-state index in [1.165, 1.54) is 0 Å². The maximum absolute atomic E-state index is 9.09. The van der Waals surface area contributed by atoms with E-state index in [0.29, 0.717) is 16.3 Å². The van der Waals surface area contributed by atoms with Crippen LogP contribution in [0.2, 0.25) is 5.02 Å². The number of halogens is 2. The van der Waals surface area contributed by atoms with Gasteiger partial charge in [0.1, 0.15) is 11.8 Å². The van der Waals surface area contributed by atoms with Crippen LogP contribution in [0.5, 0.6) is 5.75 Å². The van der Waals surface area contributed by atoms with Gasteiger partial charge in [0, 0.05) is 15.6 Å². The fourth-order valence-electron chi connectivity index (χ4n) is 1.59. The van der Waals surface area contributed by atoms with Gasteiger partial charge in [-0.25, -0.2) is 0 Å². The molecule has 0 fully saturated rings. The highest BCUT2D eigenvalue weighted by molar-refractivity contribution is 9.10. The van der Waals surface area contributed by atoms with Crippen LogP contribution in [0.4, 0.5) is 11.4 Å². The fourth-order valence-corrected chi connectivity index (χ4v) is 2.11. The minimum Gasteiger partial charge on any atom is -0.497 e. The van der Waals surface area contributed by atoms with Crippen molar-refractivity contribution in [2.45, 2.75) is 0 Å². The summed E-state index contributed by atoms with van der Waals surface area (Å²) in [5.41, 5.74) is 1.99. The van der Waals surface area contributed by atoms with E-state index in [0.717, 1.165) is 15.9 Å². The second-order valence-corrected chi connectivity index (χ2v) is 5.06. The van der Waals surface area contributed by atoms with Crippen molar-refractivity contribution in [1.82, 2.24) is 0 Å². The number of nitrogens with zero attached hydrogens (tertiary/aromatic N) is 1. The number of ether oxygens (including phenoxy) is 1. The first-order chi connectivity index (χ1) is 9.13. The highest BCUT2D eigenvalue weighted by Crippen LogP contribution is 2.31. The Bertz CT molecular complexity index is 652. The lowest BCUT2D eigenvalue weighted by Crippen LogP contribution is -1.95. The minimum absolute atomic E-state index is 0.527. The summed E-state index contributed by atoms with van der Waals surface area (Å²) in [4.78, 5) is 0. The van der Waals surface area contributed by atoms with E-state index in [2.05, 4.69) is 27.3 Å². The highest BCUT2D eigenvalue weighted by Gasteiger charge is 2.07. The van der Waals surface area contributed by atoms with E-state index in [9.17, 15) is 0 Å². The lowest BCUT2D eigenvalue weighted by molar-refractivity contribution is 0.415. The van der Waals surface area contributed by atoms with Crippen LogP contribution in [0, 0.1) is 11.3 Å². The maximum atomic E-state index is 9.09. The van der Waals surface area contributed by atoms with Crippen LogP contribution in [0.1, 0.15) is 5.56 Å². The van der Waals surface area contributed by atoms with Crippen LogP contribution in [-0.2, 0) is 0 Å². The fraction of sp³-hybridized carbons (Fsp3) is 0.0714. The molecule has 2 aromatic carbocycles. The topological polar surface area (TPSA) is 45.0 Å². The minimum atomic E-state index is 0.527. The monoisotopic (exact) mass is 336 g/mol. The number of nitrogens with one attached hydrogen (secondary N) is 1. The summed E-state index contributed by atoms with van der Waals surface area (Å²) in [5, 5.41) is 12.8. The SMILES string of the molecule is COc1ccc(Br)c(Nc2cc(Cl)ccc2C#N)c1. The van der Waals surface area contributed by atoms with E-state index in [-0.39, 0.29) is 0 Å². The Kier molecular flexibility index (Phi) is 4.31. The van der Waals surface area contributed by atoms with Crippen molar-refractivity contribution in [1.29, 1.82) is 5.26 Å². The number of benzene rings is 2. The van der Waals surface area contributed by atoms with Crippen molar-refractivity contribution < 1.29 is 4.74 Å². The maximum Gasteiger partial charge on any atom is 0.121 e. The van der Waals surface area contributed by atoms with E-state index >= 15 is 0 Å². The molecule has 2 aromatic rings. The predicted molar refractivity (Wildman–Crippen MR) is 80.1 cm³/mol. The van der Waals surface area contributed by atoms with Gasteiger partial charge in [0.25, 0.3) is 0 Å². The average molecular weight is 338 g/mol. The average Bonchev–Trinajstić information content (AvgIpc) is 2.41. The van der Waals surface area contributed by atoms with Gasteiger partial charge in [0.05, 0.1) is 24.0 Å². The Balaban J connectivity index is 2.41. The zero-order chi connectivity index (χ0) is 13.8. The molecule has 96 valence electrons. The van der Waals surface area contributed by atoms with Gasteiger partial charge < -0.3 is 10.1 Å². The van der Waals surface area contributed by atoms with Gasteiger partial charge in [-0.3, -0.25) is 0 Å². The van der Waals surface area contributed by atoms with Crippen LogP contribution in [0.15, 0.2) is 40.9 Å². The summed E-state index contributed by atoms with van der Waals surface area (Å²) in [6.45, 7) is 0. The Morgan fingerprint density at radius 3 is 2.68 bits per heavy atom. The molecule has 0 aliphatic carbocycles. The lowest BCUT2D eigenvalue weighted by atomic mass is 10.2. The largest absolute Gasteiger partial charge is 0.497 e. The molecule has 0 heterocycles. The van der Waals surface area contributed by atoms with Gasteiger partial charge in [-0.15, -0.1) is 0 Å². The van der Waals surface area contributed by atoms with Gasteiger partial charge >= 0.3 is 0 Å². The zero-order valence-electron chi connectivity index (χ0n) is 10.1. The summed E-state index contributed by atoms with van der Waals surface area (Å²) in [7, 11) is 1.60. The third-order valence-electron chi connectivity index (χ3n) is 2.54. The number of nitriles is 1. The number of rotatable bonds is 3. The molecule has 0 unspecified atom stereocenters. The summed E-state index contributed by atoms with van der Waals surface area (Å²) >= 11 is 9.40. The molecule has 0 aliphatic rings. The summed E-state index contributed by atoms with van der Waals surface area (Å²) in [6, 6.07) is 12.8. The van der Waals surface area contributed by atoms with Crippen LogP contribution in [0.25, 0.3) is 0 Å². The number of hydrogen-bond donors (Lipinski definition) is 1. The van der Waals surface area contributed by atoms with Crippen molar-refractivity contribution in [2.24, 2.45) is 0 Å². The van der Waals surface area contributed by atoms with Crippen molar-refractivity contribution in [3.63, 3.8) is 0 Å². The molecule has 0 saturated carbocycles. The second kappa shape index (κ2) is 5.96. The third kappa shape index (κ3) is 3.19. The summed E-state index contributed by atoms with van der Waals surface area (Å²) < 4.78 is 6.05. The normalized spacial score (nSPS) is 9.79. The van der Waals surface area contributed by atoms with Gasteiger partial charge in [-0.1, -0.05) is 11.6 Å². The Morgan fingerprint density at radius 1 is 1.21 bits per heavy atom. The molecule has 0 radical (unpaired) electrons. The summed E-state index contributed by atoms with van der Waals surface area (Å²) in [6.07, 6.45) is 0. The van der Waals surface area contributed by atoms with Gasteiger partial charge in [0.2, 0.25) is 0 Å². The standard InChI is InChI=1S/C14H10BrClN2O/c1-19-11-4-5-12(15)14(7-11)18-13-6-10(16)3-2-9(13)8-17/h2-7,18H,1H3. The first kappa shape index (κ1) is 13.7. The van der Waals surface area contributed by atoms with E-state index in [1.54, 1.807) is 25.3 Å². The molecule has 19 heavy (non-hydrogen) atoms. The molecule has 1 N–H and O–H groups in total. The molecule has 0 aliphatic heterocycles. The predicted octanol–water partition coefficient (Wildman–Crippen LogP) is 4.73. The molecule has 0 aromatic heterocycles. The molecular weight excluding hydrogens is 328 g/mol. The van der Waals surface area contributed by atoms with Crippen molar-refractivity contribution in [3.05, 3.63) is 51.5 Å². The quantitative estimate of drug-likeness (QED) is 0.881. The van der Waals surface area contributed by atoms with Crippen molar-refractivity contribution in [3.8, 4) is 11.8 Å². The molecule has 3 nitrogen and oxygen atoms in total. The van der Waals surface area contributed by atoms with Crippen molar-refractivity contribution in [2.75, 3.05) is 12.4 Å². The Labute approximate surface area is 124 Å². The Morgan fingerprint density at radius 2 is 2.00 bits per heavy atom. The van der Waals surface area contributed by atoms with Gasteiger partial charge in [-0.2, -0.15) is 5.26 Å². The van der Waals surface area contributed by atoms with Crippen LogP contribution < -0.4 is 10.1 Å². The zero-order valence-corrected chi connectivity index (χ0v) is 12.4. The number of methoxy groups -OCH3 is 1. The van der Waals surface area contributed by atoms with Gasteiger partial charge in [-0.05, 0) is 46.3 Å². The molecule has 5 heteroatoms.